The van der Waals surface area contributed by atoms with Crippen molar-refractivity contribution in [1.82, 2.24) is 9.97 Å². The molecule has 2 aromatic heterocycles. The topological polar surface area (TPSA) is 75.9 Å². The molecule has 20 heavy (non-hydrogen) atoms. The van der Waals surface area contributed by atoms with Gasteiger partial charge in [-0.25, -0.2) is 15.8 Å². The van der Waals surface area contributed by atoms with Crippen molar-refractivity contribution < 1.29 is 0 Å². The van der Waals surface area contributed by atoms with Crippen LogP contribution in [0.15, 0.2) is 11.4 Å². The highest BCUT2D eigenvalue weighted by Crippen LogP contribution is 2.36. The molecule has 0 spiro atoms. The van der Waals surface area contributed by atoms with Crippen molar-refractivity contribution in [3.63, 3.8) is 0 Å². The van der Waals surface area contributed by atoms with Crippen molar-refractivity contribution in [3.05, 3.63) is 33.3 Å². The molecule has 0 saturated carbocycles. The molecule has 0 radical (unpaired) electrons. The van der Waals surface area contributed by atoms with Crippen LogP contribution in [0.1, 0.15) is 40.7 Å². The molecule has 0 fully saturated rings. The fourth-order valence-corrected chi connectivity index (χ4v) is 3.70. The predicted octanol–water partition coefficient (Wildman–Crippen LogP) is 2.93. The Balaban J connectivity index is 1.91. The molecule has 4 N–H and O–H groups in total. The summed E-state index contributed by atoms with van der Waals surface area (Å²) in [6, 6.07) is 2.56. The molecule has 0 aromatic carbocycles. The van der Waals surface area contributed by atoms with E-state index in [9.17, 15) is 0 Å². The average molecular weight is 289 g/mol. The van der Waals surface area contributed by atoms with E-state index in [4.69, 9.17) is 5.84 Å². The van der Waals surface area contributed by atoms with Gasteiger partial charge in [0.1, 0.15) is 17.5 Å². The van der Waals surface area contributed by atoms with E-state index in [1.807, 2.05) is 25.2 Å². The summed E-state index contributed by atoms with van der Waals surface area (Å²) in [6.07, 6.45) is 3.55. The normalized spacial score (nSPS) is 17.6. The Morgan fingerprint density at radius 3 is 2.90 bits per heavy atom. The molecule has 1 aliphatic carbocycles. The molecule has 1 aliphatic rings. The predicted molar refractivity (Wildman–Crippen MR) is 82.9 cm³/mol. The van der Waals surface area contributed by atoms with Crippen LogP contribution in [0, 0.1) is 13.8 Å². The van der Waals surface area contributed by atoms with E-state index < -0.39 is 0 Å². The van der Waals surface area contributed by atoms with Crippen LogP contribution in [0.3, 0.4) is 0 Å². The van der Waals surface area contributed by atoms with Crippen LogP contribution in [0.5, 0.6) is 0 Å². The van der Waals surface area contributed by atoms with Crippen molar-refractivity contribution in [2.45, 2.75) is 39.2 Å². The molecular formula is C14H19N5S. The van der Waals surface area contributed by atoms with Gasteiger partial charge < -0.3 is 10.7 Å². The lowest BCUT2D eigenvalue weighted by molar-refractivity contribution is 0.606. The van der Waals surface area contributed by atoms with Gasteiger partial charge in [0.25, 0.3) is 0 Å². The number of anilines is 2. The number of hydrogen-bond donors (Lipinski definition) is 3. The van der Waals surface area contributed by atoms with Crippen molar-refractivity contribution in [2.75, 3.05) is 10.7 Å². The lowest BCUT2D eigenvalue weighted by Crippen LogP contribution is -2.19. The Morgan fingerprint density at radius 1 is 1.30 bits per heavy atom. The third-order valence-electron chi connectivity index (χ3n) is 3.76. The average Bonchev–Trinajstić information content (AvgIpc) is 2.92. The van der Waals surface area contributed by atoms with Gasteiger partial charge in [0.05, 0.1) is 6.04 Å². The summed E-state index contributed by atoms with van der Waals surface area (Å²) >= 11 is 1.85. The summed E-state index contributed by atoms with van der Waals surface area (Å²) < 4.78 is 0. The molecule has 0 bridgehead atoms. The number of thiophene rings is 1. The molecule has 3 rings (SSSR count). The number of nitrogens with one attached hydrogen (secondary N) is 2. The lowest BCUT2D eigenvalue weighted by Gasteiger charge is -2.25. The summed E-state index contributed by atoms with van der Waals surface area (Å²) in [5.41, 5.74) is 5.01. The second-order valence-electron chi connectivity index (χ2n) is 5.13. The number of nitrogens with zero attached hydrogens (tertiary/aromatic N) is 2. The van der Waals surface area contributed by atoms with Gasteiger partial charge in [-0.2, -0.15) is 0 Å². The van der Waals surface area contributed by atoms with Gasteiger partial charge in [-0.15, -0.1) is 11.3 Å². The first-order valence-electron chi connectivity index (χ1n) is 6.83. The Hall–Kier alpha value is -1.66. The Kier molecular flexibility index (Phi) is 3.58. The highest BCUT2D eigenvalue weighted by Gasteiger charge is 2.22. The first kappa shape index (κ1) is 13.3. The number of rotatable bonds is 3. The summed E-state index contributed by atoms with van der Waals surface area (Å²) in [5.74, 6) is 7.78. The largest absolute Gasteiger partial charge is 0.363 e. The Morgan fingerprint density at radius 2 is 2.10 bits per heavy atom. The Labute approximate surface area is 122 Å². The van der Waals surface area contributed by atoms with Crippen LogP contribution >= 0.6 is 11.3 Å². The van der Waals surface area contributed by atoms with Gasteiger partial charge in [0, 0.05) is 10.4 Å². The first-order valence-corrected chi connectivity index (χ1v) is 7.71. The number of hydrogen-bond acceptors (Lipinski definition) is 6. The Bertz CT molecular complexity index is 622. The van der Waals surface area contributed by atoms with Crippen LogP contribution in [-0.4, -0.2) is 9.97 Å². The van der Waals surface area contributed by atoms with Gasteiger partial charge in [-0.05, 0) is 50.1 Å². The number of aryl methyl sites for hydroxylation is 2. The van der Waals surface area contributed by atoms with Gasteiger partial charge in [-0.1, -0.05) is 0 Å². The van der Waals surface area contributed by atoms with Crippen molar-refractivity contribution in [2.24, 2.45) is 5.84 Å². The third kappa shape index (κ3) is 2.36. The van der Waals surface area contributed by atoms with Gasteiger partial charge in [-0.3, -0.25) is 0 Å². The molecule has 0 amide bonds. The second kappa shape index (κ2) is 5.38. The maximum Gasteiger partial charge on any atom is 0.148 e. The summed E-state index contributed by atoms with van der Waals surface area (Å²) in [4.78, 5) is 10.3. The number of nitrogens with two attached hydrogens (primary N) is 1. The molecule has 106 valence electrons. The van der Waals surface area contributed by atoms with Gasteiger partial charge in [0.2, 0.25) is 0 Å². The first-order chi connectivity index (χ1) is 9.69. The molecule has 2 aromatic rings. The summed E-state index contributed by atoms with van der Waals surface area (Å²) in [5, 5.41) is 5.74. The number of nitrogen functional groups attached to an aromatic ring is 1. The smallest absolute Gasteiger partial charge is 0.148 e. The molecule has 0 saturated heterocycles. The number of aromatic nitrogens is 2. The minimum absolute atomic E-state index is 0.337. The molecule has 1 atom stereocenters. The van der Waals surface area contributed by atoms with Crippen LogP contribution in [0.2, 0.25) is 0 Å². The molecule has 0 aliphatic heterocycles. The molecular weight excluding hydrogens is 270 g/mol. The van der Waals surface area contributed by atoms with E-state index in [0.29, 0.717) is 17.7 Å². The molecule has 5 nitrogen and oxygen atoms in total. The standard InChI is InChI=1S/C14H19N5S/c1-8-13(16-9(2)17-14(8)19-15)18-11-4-3-5-12-10(11)6-7-20-12/h6-7,11H,3-5,15H2,1-2H3,(H2,16,17,18,19). The number of fused-ring (bicyclic) bond motifs is 1. The number of hydrazine groups is 1. The van der Waals surface area contributed by atoms with Crippen LogP contribution in [-0.2, 0) is 6.42 Å². The van der Waals surface area contributed by atoms with Crippen LogP contribution in [0.4, 0.5) is 11.6 Å². The zero-order chi connectivity index (χ0) is 14.1. The minimum atomic E-state index is 0.337. The summed E-state index contributed by atoms with van der Waals surface area (Å²) in [6.45, 7) is 3.86. The lowest BCUT2D eigenvalue weighted by atomic mass is 9.94. The third-order valence-corrected chi connectivity index (χ3v) is 4.75. The van der Waals surface area contributed by atoms with E-state index in [-0.39, 0.29) is 0 Å². The molecule has 6 heteroatoms. The van der Waals surface area contributed by atoms with E-state index in [1.165, 1.54) is 23.3 Å². The zero-order valence-corrected chi connectivity index (χ0v) is 12.5. The van der Waals surface area contributed by atoms with Crippen LogP contribution < -0.4 is 16.6 Å². The maximum absolute atomic E-state index is 5.52. The van der Waals surface area contributed by atoms with Gasteiger partial charge >= 0.3 is 0 Å². The monoisotopic (exact) mass is 289 g/mol. The van der Waals surface area contributed by atoms with E-state index in [1.54, 1.807) is 0 Å². The quantitative estimate of drug-likeness (QED) is 0.598. The fraction of sp³-hybridized carbons (Fsp3) is 0.429. The van der Waals surface area contributed by atoms with Crippen molar-refractivity contribution >= 4 is 23.0 Å². The van der Waals surface area contributed by atoms with E-state index in [0.717, 1.165) is 17.8 Å². The van der Waals surface area contributed by atoms with Crippen molar-refractivity contribution in [3.8, 4) is 0 Å². The van der Waals surface area contributed by atoms with E-state index >= 15 is 0 Å². The van der Waals surface area contributed by atoms with Crippen molar-refractivity contribution in [1.29, 1.82) is 0 Å². The van der Waals surface area contributed by atoms with Gasteiger partial charge in [0.15, 0.2) is 0 Å². The fourth-order valence-electron chi connectivity index (χ4n) is 2.71. The van der Waals surface area contributed by atoms with E-state index in [2.05, 4.69) is 32.2 Å². The highest BCUT2D eigenvalue weighted by atomic mass is 32.1. The molecule has 1 unspecified atom stereocenters. The molecule has 2 heterocycles. The highest BCUT2D eigenvalue weighted by molar-refractivity contribution is 7.10. The van der Waals surface area contributed by atoms with Crippen LogP contribution in [0.25, 0.3) is 0 Å². The minimum Gasteiger partial charge on any atom is -0.363 e. The summed E-state index contributed by atoms with van der Waals surface area (Å²) in [7, 11) is 0. The maximum atomic E-state index is 5.52. The zero-order valence-electron chi connectivity index (χ0n) is 11.7. The SMILES string of the molecule is Cc1nc(NN)c(C)c(NC2CCCc3sccc32)n1. The second-order valence-corrected chi connectivity index (χ2v) is 6.13.